The van der Waals surface area contributed by atoms with Crippen LogP contribution in [0.2, 0.25) is 0 Å². The second kappa shape index (κ2) is 6.00. The Morgan fingerprint density at radius 1 is 1.11 bits per heavy atom. The monoisotopic (exact) mass is 256 g/mol. The second-order valence-corrected chi connectivity index (χ2v) is 3.40. The van der Waals surface area contributed by atoms with Crippen LogP contribution in [0.15, 0.2) is 18.2 Å². The van der Waals surface area contributed by atoms with E-state index in [1.807, 2.05) is 0 Å². The molecule has 0 aliphatic rings. The highest BCUT2D eigenvalue weighted by Crippen LogP contribution is 2.10. The van der Waals surface area contributed by atoms with Gasteiger partial charge < -0.3 is 4.74 Å². The van der Waals surface area contributed by atoms with Gasteiger partial charge in [0.15, 0.2) is 5.78 Å². The molecule has 1 aromatic carbocycles. The third-order valence-electron chi connectivity index (χ3n) is 2.01. The molecule has 0 saturated carbocycles. The van der Waals surface area contributed by atoms with Gasteiger partial charge in [-0.3, -0.25) is 9.59 Å². The molecule has 0 heterocycles. The summed E-state index contributed by atoms with van der Waals surface area (Å²) in [5.41, 5.74) is -0.301. The third kappa shape index (κ3) is 3.73. The van der Waals surface area contributed by atoms with Gasteiger partial charge in [-0.2, -0.15) is 0 Å². The zero-order valence-corrected chi connectivity index (χ0v) is 9.54. The topological polar surface area (TPSA) is 60.4 Å². The lowest BCUT2D eigenvalue weighted by Gasteiger charge is -2.02. The summed E-state index contributed by atoms with van der Waals surface area (Å²) in [7, 11) is 0. The van der Waals surface area contributed by atoms with Gasteiger partial charge in [-0.05, 0) is 19.1 Å². The average Bonchev–Trinajstić information content (AvgIpc) is 2.27. The van der Waals surface area contributed by atoms with E-state index in [1.165, 1.54) is 6.92 Å². The Hall–Kier alpha value is -2.11. The van der Waals surface area contributed by atoms with Gasteiger partial charge in [0.25, 0.3) is 0 Å². The van der Waals surface area contributed by atoms with E-state index in [0.29, 0.717) is 6.07 Å². The van der Waals surface area contributed by atoms with Crippen molar-refractivity contribution >= 4 is 17.5 Å². The number of benzene rings is 1. The zero-order chi connectivity index (χ0) is 13.7. The average molecular weight is 256 g/mol. The van der Waals surface area contributed by atoms with Crippen molar-refractivity contribution in [1.29, 1.82) is 0 Å². The molecule has 0 radical (unpaired) electrons. The molecule has 4 nitrogen and oxygen atoms in total. The number of ether oxygens (including phenoxy) is 1. The van der Waals surface area contributed by atoms with Gasteiger partial charge in [0.2, 0.25) is 5.78 Å². The van der Waals surface area contributed by atoms with Crippen LogP contribution < -0.4 is 0 Å². The van der Waals surface area contributed by atoms with E-state index in [1.54, 1.807) is 0 Å². The number of esters is 1. The molecule has 0 bridgehead atoms. The molecule has 1 aromatic rings. The van der Waals surface area contributed by atoms with Crippen LogP contribution in [0.3, 0.4) is 0 Å². The molecule has 0 unspecified atom stereocenters. The van der Waals surface area contributed by atoms with Gasteiger partial charge in [-0.15, -0.1) is 0 Å². The molecule has 0 aliphatic carbocycles. The highest BCUT2D eigenvalue weighted by Gasteiger charge is 2.20. The summed E-state index contributed by atoms with van der Waals surface area (Å²) in [6, 6.07) is 2.19. The van der Waals surface area contributed by atoms with Crippen molar-refractivity contribution in [2.75, 3.05) is 6.61 Å². The van der Waals surface area contributed by atoms with Crippen LogP contribution in [-0.4, -0.2) is 24.1 Å². The quantitative estimate of drug-likeness (QED) is 0.348. The fourth-order valence-electron chi connectivity index (χ4n) is 1.25. The number of halogens is 2. The van der Waals surface area contributed by atoms with Gasteiger partial charge in [0.1, 0.15) is 11.6 Å². The van der Waals surface area contributed by atoms with Gasteiger partial charge in [0, 0.05) is 11.6 Å². The number of rotatable bonds is 5. The molecule has 1 rings (SSSR count). The van der Waals surface area contributed by atoms with E-state index < -0.39 is 35.6 Å². The molecule has 0 saturated heterocycles. The Morgan fingerprint density at radius 2 is 1.67 bits per heavy atom. The van der Waals surface area contributed by atoms with E-state index in [4.69, 9.17) is 0 Å². The lowest BCUT2D eigenvalue weighted by molar-refractivity contribution is -0.153. The largest absolute Gasteiger partial charge is 0.460 e. The van der Waals surface area contributed by atoms with E-state index in [9.17, 15) is 23.2 Å². The normalized spacial score (nSPS) is 9.94. The van der Waals surface area contributed by atoms with Crippen molar-refractivity contribution in [2.24, 2.45) is 0 Å². The van der Waals surface area contributed by atoms with E-state index in [0.717, 1.165) is 12.1 Å². The minimum absolute atomic E-state index is 0.00730. The standard InChI is InChI=1S/C12H10F2O4/c1-2-18-12(17)11(16)6-10(15)7-3-8(13)5-9(14)4-7/h3-5H,2,6H2,1H3. The third-order valence-corrected chi connectivity index (χ3v) is 2.01. The minimum atomic E-state index is -1.14. The molecule has 0 amide bonds. The Kier molecular flexibility index (Phi) is 4.65. The molecule has 6 heteroatoms. The van der Waals surface area contributed by atoms with Crippen LogP contribution in [0.1, 0.15) is 23.7 Å². The number of hydrogen-bond acceptors (Lipinski definition) is 4. The predicted molar refractivity (Wildman–Crippen MR) is 56.9 cm³/mol. The first-order valence-electron chi connectivity index (χ1n) is 5.13. The minimum Gasteiger partial charge on any atom is -0.460 e. The van der Waals surface area contributed by atoms with Crippen molar-refractivity contribution < 1.29 is 27.9 Å². The van der Waals surface area contributed by atoms with Crippen LogP contribution in [0.4, 0.5) is 8.78 Å². The highest BCUT2D eigenvalue weighted by atomic mass is 19.1. The van der Waals surface area contributed by atoms with Crippen molar-refractivity contribution in [3.63, 3.8) is 0 Å². The Bertz CT molecular complexity index is 477. The fourth-order valence-corrected chi connectivity index (χ4v) is 1.25. The molecule has 0 aliphatic heterocycles. The van der Waals surface area contributed by atoms with Crippen molar-refractivity contribution in [2.45, 2.75) is 13.3 Å². The zero-order valence-electron chi connectivity index (χ0n) is 9.54. The smallest absolute Gasteiger partial charge is 0.375 e. The van der Waals surface area contributed by atoms with Gasteiger partial charge >= 0.3 is 5.97 Å². The molecule has 0 spiro atoms. The maximum atomic E-state index is 12.8. The number of carbonyl (C=O) groups excluding carboxylic acids is 3. The maximum Gasteiger partial charge on any atom is 0.375 e. The number of Topliss-reactive ketones (excluding diaryl/α,β-unsaturated/α-hetero) is 2. The summed E-state index contributed by atoms with van der Waals surface area (Å²) < 4.78 is 30.1. The summed E-state index contributed by atoms with van der Waals surface area (Å²) in [5, 5.41) is 0. The van der Waals surface area contributed by atoms with Crippen LogP contribution in [0.5, 0.6) is 0 Å². The first-order valence-corrected chi connectivity index (χ1v) is 5.13. The molecule has 96 valence electrons. The van der Waals surface area contributed by atoms with Crippen molar-refractivity contribution in [3.8, 4) is 0 Å². The number of carbonyl (C=O) groups is 3. The van der Waals surface area contributed by atoms with Crippen molar-refractivity contribution in [3.05, 3.63) is 35.4 Å². The van der Waals surface area contributed by atoms with E-state index >= 15 is 0 Å². The first-order chi connectivity index (χ1) is 8.43. The summed E-state index contributed by atoms with van der Waals surface area (Å²) in [5.74, 6) is -4.88. The lowest BCUT2D eigenvalue weighted by atomic mass is 10.1. The Balaban J connectivity index is 2.76. The summed E-state index contributed by atoms with van der Waals surface area (Å²) >= 11 is 0. The van der Waals surface area contributed by atoms with Gasteiger partial charge in [-0.25, -0.2) is 13.6 Å². The van der Waals surface area contributed by atoms with Crippen LogP contribution >= 0.6 is 0 Å². The Morgan fingerprint density at radius 3 is 2.17 bits per heavy atom. The number of ketones is 2. The number of hydrogen-bond donors (Lipinski definition) is 0. The molecule has 0 N–H and O–H groups in total. The maximum absolute atomic E-state index is 12.8. The Labute approximate surface area is 102 Å². The van der Waals surface area contributed by atoms with Crippen LogP contribution in [-0.2, 0) is 14.3 Å². The SMILES string of the molecule is CCOC(=O)C(=O)CC(=O)c1cc(F)cc(F)c1. The summed E-state index contributed by atoms with van der Waals surface area (Å²) in [6.45, 7) is 1.52. The first kappa shape index (κ1) is 14.0. The molecular formula is C12H10F2O4. The second-order valence-electron chi connectivity index (χ2n) is 3.40. The summed E-state index contributed by atoms with van der Waals surface area (Å²) in [4.78, 5) is 33.7. The van der Waals surface area contributed by atoms with Crippen LogP contribution in [0.25, 0.3) is 0 Å². The molecule has 0 aromatic heterocycles. The van der Waals surface area contributed by atoms with Crippen LogP contribution in [0, 0.1) is 11.6 Å². The van der Waals surface area contributed by atoms with E-state index in [-0.39, 0.29) is 12.2 Å². The molecular weight excluding hydrogens is 246 g/mol. The van der Waals surface area contributed by atoms with Crippen molar-refractivity contribution in [1.82, 2.24) is 0 Å². The van der Waals surface area contributed by atoms with Gasteiger partial charge in [0.05, 0.1) is 13.0 Å². The summed E-state index contributed by atoms with van der Waals surface area (Å²) in [6.07, 6.45) is -0.776. The fraction of sp³-hybridized carbons (Fsp3) is 0.250. The van der Waals surface area contributed by atoms with Gasteiger partial charge in [-0.1, -0.05) is 0 Å². The van der Waals surface area contributed by atoms with E-state index in [2.05, 4.69) is 4.74 Å². The molecule has 18 heavy (non-hydrogen) atoms. The predicted octanol–water partition coefficient (Wildman–Crippen LogP) is 1.67. The molecule has 0 atom stereocenters. The molecule has 0 fully saturated rings. The lowest BCUT2D eigenvalue weighted by Crippen LogP contribution is -2.20. The highest BCUT2D eigenvalue weighted by molar-refractivity contribution is 6.38.